The Kier molecular flexibility index (Phi) is 5.14. The first kappa shape index (κ1) is 18.4. The number of carbonyl (C=O) groups excluding carboxylic acids is 1. The number of aryl methyl sites for hydroxylation is 3. The second kappa shape index (κ2) is 7.56. The highest BCUT2D eigenvalue weighted by Crippen LogP contribution is 2.40. The quantitative estimate of drug-likeness (QED) is 0.470. The van der Waals surface area contributed by atoms with Gasteiger partial charge in [0.2, 0.25) is 5.91 Å². The number of thiophene rings is 1. The Morgan fingerprint density at radius 1 is 1.26 bits per heavy atom. The van der Waals surface area contributed by atoms with Gasteiger partial charge in [0.05, 0.1) is 5.75 Å². The van der Waals surface area contributed by atoms with E-state index in [2.05, 4.69) is 9.97 Å². The number of aromatic nitrogens is 2. The van der Waals surface area contributed by atoms with Crippen LogP contribution in [0.2, 0.25) is 0 Å². The second-order valence-corrected chi connectivity index (χ2v) is 8.83. The number of rotatable bonds is 5. The third kappa shape index (κ3) is 3.84. The zero-order valence-corrected chi connectivity index (χ0v) is 16.9. The van der Waals surface area contributed by atoms with Gasteiger partial charge in [-0.15, -0.1) is 11.3 Å². The minimum Gasteiger partial charge on any atom is -0.341 e. The van der Waals surface area contributed by atoms with Crippen molar-refractivity contribution in [3.63, 3.8) is 0 Å². The molecule has 0 aliphatic heterocycles. The Morgan fingerprint density at radius 2 is 2.04 bits per heavy atom. The molecule has 0 N–H and O–H groups in total. The van der Waals surface area contributed by atoms with E-state index in [0.717, 1.165) is 39.5 Å². The zero-order valence-electron chi connectivity index (χ0n) is 15.3. The molecule has 0 radical (unpaired) electrons. The summed E-state index contributed by atoms with van der Waals surface area (Å²) in [6.07, 6.45) is 3.39. The number of halogens is 1. The minimum absolute atomic E-state index is 0.0283. The topological polar surface area (TPSA) is 46.1 Å². The molecule has 3 aromatic rings. The van der Waals surface area contributed by atoms with Crippen molar-refractivity contribution in [3.8, 4) is 0 Å². The molecule has 4 rings (SSSR count). The van der Waals surface area contributed by atoms with Crippen LogP contribution in [0.25, 0.3) is 10.2 Å². The van der Waals surface area contributed by atoms with E-state index in [1.54, 1.807) is 35.4 Å². The van der Waals surface area contributed by atoms with Gasteiger partial charge in [-0.3, -0.25) is 4.79 Å². The monoisotopic (exact) mass is 401 g/mol. The number of hydrogen-bond acceptors (Lipinski definition) is 5. The highest BCUT2D eigenvalue weighted by molar-refractivity contribution is 8.00. The van der Waals surface area contributed by atoms with Crippen molar-refractivity contribution in [2.45, 2.75) is 37.8 Å². The molecule has 2 aromatic heterocycles. The van der Waals surface area contributed by atoms with Gasteiger partial charge in [-0.1, -0.05) is 23.9 Å². The lowest BCUT2D eigenvalue weighted by Gasteiger charge is -2.17. The molecule has 1 aromatic carbocycles. The molecule has 7 heteroatoms. The van der Waals surface area contributed by atoms with Gasteiger partial charge in [0.1, 0.15) is 21.5 Å². The fourth-order valence-electron chi connectivity index (χ4n) is 3.36. The van der Waals surface area contributed by atoms with Crippen LogP contribution in [-0.4, -0.2) is 33.6 Å². The number of nitrogens with zero attached hydrogens (tertiary/aromatic N) is 3. The lowest BCUT2D eigenvalue weighted by Crippen LogP contribution is -2.27. The average Bonchev–Trinajstić information content (AvgIpc) is 3.21. The van der Waals surface area contributed by atoms with Crippen LogP contribution in [0.5, 0.6) is 0 Å². The molecule has 0 saturated carbocycles. The fourth-order valence-corrected chi connectivity index (χ4v) is 5.77. The first-order valence-corrected chi connectivity index (χ1v) is 10.7. The summed E-state index contributed by atoms with van der Waals surface area (Å²) in [4.78, 5) is 25.9. The predicted octanol–water partition coefficient (Wildman–Crippen LogP) is 4.38. The van der Waals surface area contributed by atoms with Gasteiger partial charge in [-0.2, -0.15) is 0 Å². The van der Waals surface area contributed by atoms with Crippen LogP contribution < -0.4 is 0 Å². The molecule has 140 valence electrons. The summed E-state index contributed by atoms with van der Waals surface area (Å²) in [6.45, 7) is 2.36. The number of fused-ring (bicyclic) bond motifs is 3. The summed E-state index contributed by atoms with van der Waals surface area (Å²) in [5.41, 5.74) is 2.29. The van der Waals surface area contributed by atoms with Crippen molar-refractivity contribution < 1.29 is 9.18 Å². The van der Waals surface area contributed by atoms with Crippen LogP contribution in [0.15, 0.2) is 29.3 Å². The average molecular weight is 402 g/mol. The van der Waals surface area contributed by atoms with Crippen molar-refractivity contribution >= 4 is 39.2 Å². The predicted molar refractivity (Wildman–Crippen MR) is 108 cm³/mol. The third-order valence-electron chi connectivity index (χ3n) is 4.73. The zero-order chi connectivity index (χ0) is 19.0. The number of thioether (sulfide) groups is 1. The van der Waals surface area contributed by atoms with Crippen LogP contribution in [0.3, 0.4) is 0 Å². The number of amides is 1. The highest BCUT2D eigenvalue weighted by atomic mass is 32.2. The van der Waals surface area contributed by atoms with Crippen LogP contribution in [0.4, 0.5) is 4.39 Å². The van der Waals surface area contributed by atoms with Gasteiger partial charge in [-0.05, 0) is 49.4 Å². The van der Waals surface area contributed by atoms with Crippen LogP contribution in [0, 0.1) is 12.7 Å². The summed E-state index contributed by atoms with van der Waals surface area (Å²) in [5, 5.41) is 2.07. The van der Waals surface area contributed by atoms with E-state index in [0.29, 0.717) is 12.3 Å². The van der Waals surface area contributed by atoms with Crippen molar-refractivity contribution in [1.29, 1.82) is 0 Å². The van der Waals surface area contributed by atoms with Crippen molar-refractivity contribution in [2.24, 2.45) is 0 Å². The maximum Gasteiger partial charge on any atom is 0.233 e. The molecule has 27 heavy (non-hydrogen) atoms. The Balaban J connectivity index is 1.48. The van der Waals surface area contributed by atoms with E-state index in [9.17, 15) is 9.18 Å². The number of benzene rings is 1. The van der Waals surface area contributed by atoms with Crippen molar-refractivity contribution in [3.05, 3.63) is 51.9 Å². The molecule has 2 heterocycles. The summed E-state index contributed by atoms with van der Waals surface area (Å²) in [5.74, 6) is 0.834. The van der Waals surface area contributed by atoms with E-state index in [1.807, 2.05) is 6.92 Å². The van der Waals surface area contributed by atoms with Crippen molar-refractivity contribution in [1.82, 2.24) is 14.9 Å². The van der Waals surface area contributed by atoms with E-state index in [1.165, 1.54) is 40.8 Å². The SMILES string of the molecule is Cc1nc(SCC(=O)N(C)Cc2ccc(F)cc2)c2c3c(sc2n1)CCC3. The van der Waals surface area contributed by atoms with Gasteiger partial charge >= 0.3 is 0 Å². The standard InChI is InChI=1S/C20H20FN3OS2/c1-12-22-19(18-15-4-3-5-16(15)27-20(18)23-12)26-11-17(25)24(2)10-13-6-8-14(21)9-7-13/h6-9H,3-5,10-11H2,1-2H3. The second-order valence-electron chi connectivity index (χ2n) is 6.78. The van der Waals surface area contributed by atoms with Gasteiger partial charge < -0.3 is 4.90 Å². The van der Waals surface area contributed by atoms with E-state index in [-0.39, 0.29) is 11.7 Å². The molecule has 0 fully saturated rings. The van der Waals surface area contributed by atoms with Crippen molar-refractivity contribution in [2.75, 3.05) is 12.8 Å². The smallest absolute Gasteiger partial charge is 0.233 e. The molecule has 0 saturated heterocycles. The summed E-state index contributed by atoms with van der Waals surface area (Å²) in [7, 11) is 1.77. The lowest BCUT2D eigenvalue weighted by atomic mass is 10.2. The number of hydrogen-bond donors (Lipinski definition) is 0. The fraction of sp³-hybridized carbons (Fsp3) is 0.350. The maximum atomic E-state index is 13.0. The Labute approximate surface area is 165 Å². The molecule has 1 amide bonds. The molecule has 0 spiro atoms. The molecule has 0 atom stereocenters. The van der Waals surface area contributed by atoms with E-state index in [4.69, 9.17) is 0 Å². The Hall–Kier alpha value is -1.99. The Bertz CT molecular complexity index is 1000. The number of carbonyl (C=O) groups is 1. The van der Waals surface area contributed by atoms with Crippen LogP contribution in [0.1, 0.15) is 28.2 Å². The van der Waals surface area contributed by atoms with Crippen LogP contribution in [-0.2, 0) is 24.2 Å². The van der Waals surface area contributed by atoms with Gasteiger partial charge in [-0.25, -0.2) is 14.4 Å². The van der Waals surface area contributed by atoms with E-state index < -0.39 is 0 Å². The molecular formula is C20H20FN3OS2. The normalized spacial score (nSPS) is 13.1. The largest absolute Gasteiger partial charge is 0.341 e. The van der Waals surface area contributed by atoms with Gasteiger partial charge in [0.15, 0.2) is 0 Å². The highest BCUT2D eigenvalue weighted by Gasteiger charge is 2.22. The molecule has 1 aliphatic rings. The van der Waals surface area contributed by atoms with Crippen LogP contribution >= 0.6 is 23.1 Å². The molecule has 1 aliphatic carbocycles. The molecule has 4 nitrogen and oxygen atoms in total. The Morgan fingerprint density at radius 3 is 2.81 bits per heavy atom. The minimum atomic E-state index is -0.269. The summed E-state index contributed by atoms with van der Waals surface area (Å²) >= 11 is 3.26. The molecule has 0 unspecified atom stereocenters. The lowest BCUT2D eigenvalue weighted by molar-refractivity contribution is -0.127. The first-order chi connectivity index (χ1) is 13.0. The summed E-state index contributed by atoms with van der Waals surface area (Å²) < 4.78 is 13.0. The third-order valence-corrected chi connectivity index (χ3v) is 6.88. The van der Waals surface area contributed by atoms with Gasteiger partial charge in [0, 0.05) is 23.9 Å². The maximum absolute atomic E-state index is 13.0. The molecular weight excluding hydrogens is 381 g/mol. The molecule has 0 bridgehead atoms. The van der Waals surface area contributed by atoms with Gasteiger partial charge in [0.25, 0.3) is 0 Å². The van der Waals surface area contributed by atoms with E-state index >= 15 is 0 Å². The summed E-state index contributed by atoms with van der Waals surface area (Å²) in [6, 6.07) is 6.25. The first-order valence-electron chi connectivity index (χ1n) is 8.91.